The van der Waals surface area contributed by atoms with E-state index in [2.05, 4.69) is 17.4 Å². The number of nitrogens with one attached hydrogen (secondary N) is 1. The quantitative estimate of drug-likeness (QED) is 0.808. The number of hydrogen-bond acceptors (Lipinski definition) is 1. The van der Waals surface area contributed by atoms with Gasteiger partial charge in [0.05, 0.1) is 0 Å². The Kier molecular flexibility index (Phi) is 5.14. The normalized spacial score (nSPS) is 12.3. The molecule has 0 aromatic heterocycles. The highest BCUT2D eigenvalue weighted by Crippen LogP contribution is 2.08. The van der Waals surface area contributed by atoms with Crippen LogP contribution in [-0.4, -0.2) is 11.4 Å². The van der Waals surface area contributed by atoms with Crippen LogP contribution in [0, 0.1) is 0 Å². The first-order valence-corrected chi connectivity index (χ1v) is 6.40. The van der Waals surface area contributed by atoms with Gasteiger partial charge in [-0.05, 0) is 46.1 Å². The summed E-state index contributed by atoms with van der Waals surface area (Å²) >= 11 is 0. The predicted octanol–water partition coefficient (Wildman–Crippen LogP) is 3.48. The summed E-state index contributed by atoms with van der Waals surface area (Å²) in [6, 6.07) is 10.3. The molecule has 1 rings (SSSR count). The van der Waals surface area contributed by atoms with Crippen molar-refractivity contribution in [1.29, 1.82) is 0 Å². The molecule has 0 saturated heterocycles. The molecule has 0 unspecified atom stereocenters. The molecule has 0 atom stereocenters. The van der Waals surface area contributed by atoms with Gasteiger partial charge in [-0.25, -0.2) is 0 Å². The van der Waals surface area contributed by atoms with E-state index in [-0.39, 0.29) is 11.4 Å². The zero-order chi connectivity index (χ0) is 13.6. The van der Waals surface area contributed by atoms with Crippen molar-refractivity contribution in [2.75, 3.05) is 0 Å². The first-order chi connectivity index (χ1) is 8.37. The SMILES string of the molecule is C/C(=C\C(=O)NC(C)(C)C)CCc1ccccc1. The molecule has 1 aromatic carbocycles. The molecule has 98 valence electrons. The second kappa shape index (κ2) is 6.39. The van der Waals surface area contributed by atoms with E-state index in [0.29, 0.717) is 0 Å². The molecule has 0 saturated carbocycles. The van der Waals surface area contributed by atoms with Crippen LogP contribution < -0.4 is 5.32 Å². The fourth-order valence-corrected chi connectivity index (χ4v) is 1.69. The number of aryl methyl sites for hydroxylation is 1. The van der Waals surface area contributed by atoms with Crippen LogP contribution in [0.4, 0.5) is 0 Å². The van der Waals surface area contributed by atoms with Crippen LogP contribution in [0.2, 0.25) is 0 Å². The van der Waals surface area contributed by atoms with Crippen molar-refractivity contribution in [3.8, 4) is 0 Å². The van der Waals surface area contributed by atoms with Crippen LogP contribution in [-0.2, 0) is 11.2 Å². The number of carbonyl (C=O) groups excluding carboxylic acids is 1. The third-order valence-corrected chi connectivity index (χ3v) is 2.53. The van der Waals surface area contributed by atoms with E-state index in [1.54, 1.807) is 6.08 Å². The molecule has 0 aliphatic rings. The maximum atomic E-state index is 11.7. The van der Waals surface area contributed by atoms with Crippen molar-refractivity contribution in [3.05, 3.63) is 47.5 Å². The van der Waals surface area contributed by atoms with Gasteiger partial charge >= 0.3 is 0 Å². The molecular formula is C16H23NO. The maximum absolute atomic E-state index is 11.7. The monoisotopic (exact) mass is 245 g/mol. The summed E-state index contributed by atoms with van der Waals surface area (Å²) in [5, 5.41) is 2.93. The van der Waals surface area contributed by atoms with Gasteiger partial charge in [-0.15, -0.1) is 0 Å². The van der Waals surface area contributed by atoms with Crippen molar-refractivity contribution in [2.45, 2.75) is 46.1 Å². The summed E-state index contributed by atoms with van der Waals surface area (Å²) in [7, 11) is 0. The number of hydrogen-bond donors (Lipinski definition) is 1. The molecule has 0 aliphatic heterocycles. The zero-order valence-corrected chi connectivity index (χ0v) is 11.8. The molecule has 0 heterocycles. The van der Waals surface area contributed by atoms with E-state index in [1.165, 1.54) is 5.56 Å². The third-order valence-electron chi connectivity index (χ3n) is 2.53. The van der Waals surface area contributed by atoms with Gasteiger partial charge in [0.1, 0.15) is 0 Å². The summed E-state index contributed by atoms with van der Waals surface area (Å²) in [5.41, 5.74) is 2.25. The lowest BCUT2D eigenvalue weighted by atomic mass is 10.0. The maximum Gasteiger partial charge on any atom is 0.244 e. The molecule has 1 amide bonds. The number of allylic oxidation sites excluding steroid dienone is 1. The average molecular weight is 245 g/mol. The third kappa shape index (κ3) is 6.24. The number of rotatable bonds is 4. The molecule has 0 radical (unpaired) electrons. The van der Waals surface area contributed by atoms with Gasteiger partial charge in [0.2, 0.25) is 5.91 Å². The van der Waals surface area contributed by atoms with Crippen LogP contribution in [0.15, 0.2) is 42.0 Å². The molecular weight excluding hydrogens is 222 g/mol. The molecule has 1 N–H and O–H groups in total. The van der Waals surface area contributed by atoms with Gasteiger partial charge in [0.15, 0.2) is 0 Å². The minimum atomic E-state index is -0.173. The van der Waals surface area contributed by atoms with E-state index in [9.17, 15) is 4.79 Å². The van der Waals surface area contributed by atoms with Crippen molar-refractivity contribution in [1.82, 2.24) is 5.32 Å². The fourth-order valence-electron chi connectivity index (χ4n) is 1.69. The Morgan fingerprint density at radius 1 is 1.22 bits per heavy atom. The summed E-state index contributed by atoms with van der Waals surface area (Å²) in [6.07, 6.45) is 3.60. The van der Waals surface area contributed by atoms with Crippen molar-refractivity contribution < 1.29 is 4.79 Å². The zero-order valence-electron chi connectivity index (χ0n) is 11.8. The summed E-state index contributed by atoms with van der Waals surface area (Å²) in [6.45, 7) is 7.96. The highest BCUT2D eigenvalue weighted by atomic mass is 16.1. The second-order valence-corrected chi connectivity index (χ2v) is 5.72. The van der Waals surface area contributed by atoms with Gasteiger partial charge < -0.3 is 5.32 Å². The molecule has 1 aromatic rings. The minimum absolute atomic E-state index is 0.00642. The second-order valence-electron chi connectivity index (χ2n) is 5.72. The number of amides is 1. The molecule has 0 aliphatic carbocycles. The molecule has 0 spiro atoms. The first-order valence-electron chi connectivity index (χ1n) is 6.40. The van der Waals surface area contributed by atoms with Gasteiger partial charge in [0, 0.05) is 11.6 Å². The highest BCUT2D eigenvalue weighted by molar-refractivity contribution is 5.88. The first kappa shape index (κ1) is 14.5. The van der Waals surface area contributed by atoms with Crippen molar-refractivity contribution in [2.24, 2.45) is 0 Å². The summed E-state index contributed by atoms with van der Waals surface area (Å²) in [5.74, 6) is -0.00642. The van der Waals surface area contributed by atoms with Crippen molar-refractivity contribution in [3.63, 3.8) is 0 Å². The van der Waals surface area contributed by atoms with Crippen LogP contribution in [0.25, 0.3) is 0 Å². The summed E-state index contributed by atoms with van der Waals surface area (Å²) in [4.78, 5) is 11.7. The predicted molar refractivity (Wildman–Crippen MR) is 76.4 cm³/mol. The lowest BCUT2D eigenvalue weighted by molar-refractivity contribution is -0.117. The smallest absolute Gasteiger partial charge is 0.244 e. The standard InChI is InChI=1S/C16H23NO/c1-13(12-15(18)17-16(2,3)4)10-11-14-8-6-5-7-9-14/h5-9,12H,10-11H2,1-4H3,(H,17,18)/b13-12+. The van der Waals surface area contributed by atoms with E-state index < -0.39 is 0 Å². The molecule has 2 heteroatoms. The Bertz CT molecular complexity index is 412. The summed E-state index contributed by atoms with van der Waals surface area (Å²) < 4.78 is 0. The lowest BCUT2D eigenvalue weighted by Gasteiger charge is -2.19. The van der Waals surface area contributed by atoms with Crippen LogP contribution in [0.1, 0.15) is 39.7 Å². The average Bonchev–Trinajstić information content (AvgIpc) is 2.25. The Labute approximate surface area is 110 Å². The number of carbonyl (C=O) groups is 1. The van der Waals surface area contributed by atoms with E-state index in [1.807, 2.05) is 45.9 Å². The van der Waals surface area contributed by atoms with Crippen LogP contribution in [0.3, 0.4) is 0 Å². The fraction of sp³-hybridized carbons (Fsp3) is 0.438. The Morgan fingerprint density at radius 3 is 2.39 bits per heavy atom. The van der Waals surface area contributed by atoms with Gasteiger partial charge in [-0.1, -0.05) is 35.9 Å². The Hall–Kier alpha value is -1.57. The largest absolute Gasteiger partial charge is 0.348 e. The highest BCUT2D eigenvalue weighted by Gasteiger charge is 2.11. The van der Waals surface area contributed by atoms with Crippen molar-refractivity contribution >= 4 is 5.91 Å². The van der Waals surface area contributed by atoms with Gasteiger partial charge in [0.25, 0.3) is 0 Å². The molecule has 2 nitrogen and oxygen atoms in total. The topological polar surface area (TPSA) is 29.1 Å². The van der Waals surface area contributed by atoms with E-state index >= 15 is 0 Å². The molecule has 0 bridgehead atoms. The molecule has 18 heavy (non-hydrogen) atoms. The van der Waals surface area contributed by atoms with Crippen LogP contribution >= 0.6 is 0 Å². The molecule has 0 fully saturated rings. The Balaban J connectivity index is 2.45. The lowest BCUT2D eigenvalue weighted by Crippen LogP contribution is -2.39. The van der Waals surface area contributed by atoms with Gasteiger partial charge in [-0.3, -0.25) is 4.79 Å². The number of benzene rings is 1. The van der Waals surface area contributed by atoms with E-state index in [0.717, 1.165) is 18.4 Å². The Morgan fingerprint density at radius 2 is 1.83 bits per heavy atom. The minimum Gasteiger partial charge on any atom is -0.348 e. The van der Waals surface area contributed by atoms with Gasteiger partial charge in [-0.2, -0.15) is 0 Å². The van der Waals surface area contributed by atoms with E-state index in [4.69, 9.17) is 0 Å². The van der Waals surface area contributed by atoms with Crippen LogP contribution in [0.5, 0.6) is 0 Å².